The summed E-state index contributed by atoms with van der Waals surface area (Å²) in [4.78, 5) is 100. The zero-order valence-electron chi connectivity index (χ0n) is 37.4. The Bertz CT molecular complexity index is 2060. The molecule has 2 N–H and O–H groups in total. The standard InChI is InChI=1S/C46H58N2O16/c1-28(2)37(49)57-18-20-59-39(51)33-14-10-12-16-35(33)41(53)61-24-30(5)63-43(55)47-27-46(9)23-32(22-45(7,8)26-46)48-44(56)64-31(6)25-62-42(54)36-17-13-11-15-34(36)40(52)60-21-19-58-38(50)29(3)4/h10-17,30-32H,1,3,18-27H2,2,4-9H3,(H,47,55)(H,48,56). The van der Waals surface area contributed by atoms with Crippen LogP contribution in [-0.4, -0.2) is 112 Å². The van der Waals surface area contributed by atoms with Crippen molar-refractivity contribution >= 4 is 48.0 Å². The summed E-state index contributed by atoms with van der Waals surface area (Å²) in [5.41, 5.74) is -0.611. The molecule has 64 heavy (non-hydrogen) atoms. The maximum Gasteiger partial charge on any atom is 0.407 e. The van der Waals surface area contributed by atoms with E-state index in [-0.39, 0.29) is 91.0 Å². The van der Waals surface area contributed by atoms with Crippen LogP contribution in [0.5, 0.6) is 0 Å². The number of nitrogens with one attached hydrogen (secondary N) is 2. The summed E-state index contributed by atoms with van der Waals surface area (Å²) in [5.74, 6) is -4.60. The normalized spacial score (nSPS) is 17.1. The second-order valence-corrected chi connectivity index (χ2v) is 16.6. The fourth-order valence-electron chi connectivity index (χ4n) is 6.99. The minimum atomic E-state index is -0.866. The fourth-order valence-corrected chi connectivity index (χ4v) is 6.99. The van der Waals surface area contributed by atoms with E-state index in [1.807, 2.05) is 20.8 Å². The quantitative estimate of drug-likeness (QED) is 0.0627. The van der Waals surface area contributed by atoms with E-state index in [1.165, 1.54) is 64.1 Å². The second-order valence-electron chi connectivity index (χ2n) is 16.6. The molecular formula is C46H58N2O16. The molecule has 0 heterocycles. The summed E-state index contributed by atoms with van der Waals surface area (Å²) in [7, 11) is 0. The van der Waals surface area contributed by atoms with Gasteiger partial charge in [-0.05, 0) is 82.1 Å². The maximum atomic E-state index is 13.0. The molecule has 18 heteroatoms. The Morgan fingerprint density at radius 3 is 1.38 bits per heavy atom. The Kier molecular flexibility index (Phi) is 19.5. The van der Waals surface area contributed by atoms with Crippen molar-refractivity contribution in [2.24, 2.45) is 10.8 Å². The molecule has 1 saturated carbocycles. The number of benzene rings is 2. The van der Waals surface area contributed by atoms with Gasteiger partial charge in [0.2, 0.25) is 0 Å². The van der Waals surface area contributed by atoms with Crippen molar-refractivity contribution in [1.82, 2.24) is 10.6 Å². The van der Waals surface area contributed by atoms with Gasteiger partial charge in [-0.15, -0.1) is 0 Å². The molecule has 1 aliphatic rings. The summed E-state index contributed by atoms with van der Waals surface area (Å²) >= 11 is 0. The van der Waals surface area contributed by atoms with Crippen LogP contribution in [0.15, 0.2) is 72.8 Å². The summed E-state index contributed by atoms with van der Waals surface area (Å²) < 4.78 is 41.7. The molecule has 2 amide bonds. The number of rotatable bonds is 21. The highest BCUT2D eigenvalue weighted by Gasteiger charge is 2.42. The van der Waals surface area contributed by atoms with Crippen LogP contribution in [0.2, 0.25) is 0 Å². The Morgan fingerprint density at radius 1 is 0.594 bits per heavy atom. The Balaban J connectivity index is 1.44. The Hall–Kier alpha value is -6.72. The number of carbonyl (C=O) groups is 8. The van der Waals surface area contributed by atoms with Crippen molar-refractivity contribution in [2.45, 2.75) is 86.0 Å². The highest BCUT2D eigenvalue weighted by atomic mass is 16.6. The number of carbonyl (C=O) groups excluding carboxylic acids is 8. The molecule has 0 bridgehead atoms. The lowest BCUT2D eigenvalue weighted by Gasteiger charge is -2.46. The molecule has 0 saturated heterocycles. The molecule has 18 nitrogen and oxygen atoms in total. The average molecular weight is 895 g/mol. The van der Waals surface area contributed by atoms with Crippen molar-refractivity contribution < 1.29 is 76.3 Å². The zero-order valence-corrected chi connectivity index (χ0v) is 37.4. The lowest BCUT2D eigenvalue weighted by molar-refractivity contribution is -0.140. The van der Waals surface area contributed by atoms with Gasteiger partial charge in [-0.3, -0.25) is 0 Å². The molecule has 4 atom stereocenters. The molecule has 1 fully saturated rings. The van der Waals surface area contributed by atoms with Gasteiger partial charge in [0.05, 0.1) is 22.3 Å². The lowest BCUT2D eigenvalue weighted by Crippen LogP contribution is -2.51. The van der Waals surface area contributed by atoms with Gasteiger partial charge in [0.25, 0.3) is 0 Å². The SMILES string of the molecule is C=C(C)C(=O)OCCOC(=O)c1ccccc1C(=O)OCC(C)OC(=O)NCC1(C)CC(NC(=O)OC(C)COC(=O)c2ccccc2C(=O)OCCOC(=O)C(=C)C)CC(C)(C)C1. The van der Waals surface area contributed by atoms with Crippen LogP contribution in [0.25, 0.3) is 0 Å². The molecule has 4 unspecified atom stereocenters. The van der Waals surface area contributed by atoms with Crippen LogP contribution in [-0.2, 0) is 47.5 Å². The predicted octanol–water partition coefficient (Wildman–Crippen LogP) is 6.07. The van der Waals surface area contributed by atoms with Gasteiger partial charge in [-0.25, -0.2) is 38.4 Å². The monoisotopic (exact) mass is 894 g/mol. The molecule has 0 radical (unpaired) electrons. The summed E-state index contributed by atoms with van der Waals surface area (Å²) in [6.07, 6.45) is -1.42. The summed E-state index contributed by atoms with van der Waals surface area (Å²) in [5, 5.41) is 5.67. The summed E-state index contributed by atoms with van der Waals surface area (Å²) in [6, 6.07) is 11.4. The van der Waals surface area contributed by atoms with Gasteiger partial charge in [0, 0.05) is 23.7 Å². The first-order valence-corrected chi connectivity index (χ1v) is 20.5. The van der Waals surface area contributed by atoms with E-state index >= 15 is 0 Å². The number of amides is 2. The molecule has 0 aromatic heterocycles. The van der Waals surface area contributed by atoms with Gasteiger partial charge in [-0.2, -0.15) is 0 Å². The molecule has 0 aliphatic heterocycles. The predicted molar refractivity (Wildman–Crippen MR) is 228 cm³/mol. The van der Waals surface area contributed by atoms with Gasteiger partial charge < -0.3 is 48.5 Å². The van der Waals surface area contributed by atoms with Crippen molar-refractivity contribution in [3.05, 3.63) is 95.1 Å². The molecule has 0 spiro atoms. The first-order chi connectivity index (χ1) is 30.1. The zero-order chi connectivity index (χ0) is 47.6. The Morgan fingerprint density at radius 2 is 0.969 bits per heavy atom. The van der Waals surface area contributed by atoms with Gasteiger partial charge >= 0.3 is 48.0 Å². The second kappa shape index (κ2) is 24.2. The first kappa shape index (κ1) is 51.6. The minimum Gasteiger partial charge on any atom is -0.459 e. The number of hydrogen-bond acceptors (Lipinski definition) is 16. The van der Waals surface area contributed by atoms with Crippen molar-refractivity contribution in [2.75, 3.05) is 46.2 Å². The van der Waals surface area contributed by atoms with Crippen LogP contribution in [0.4, 0.5) is 9.59 Å². The molecule has 1 aliphatic carbocycles. The minimum absolute atomic E-state index is 0.0640. The van der Waals surface area contributed by atoms with E-state index in [0.717, 1.165) is 0 Å². The van der Waals surface area contributed by atoms with E-state index in [0.29, 0.717) is 19.3 Å². The lowest BCUT2D eigenvalue weighted by atomic mass is 9.62. The highest BCUT2D eigenvalue weighted by molar-refractivity contribution is 6.04. The van der Waals surface area contributed by atoms with Gasteiger partial charge in [0.1, 0.15) is 51.8 Å². The number of alkyl carbamates (subject to hydrolysis) is 2. The third-order valence-electron chi connectivity index (χ3n) is 9.47. The van der Waals surface area contributed by atoms with Gasteiger partial charge in [-0.1, -0.05) is 58.2 Å². The van der Waals surface area contributed by atoms with Gasteiger partial charge in [0.15, 0.2) is 0 Å². The highest BCUT2D eigenvalue weighted by Crippen LogP contribution is 2.45. The van der Waals surface area contributed by atoms with Crippen LogP contribution in [0, 0.1) is 10.8 Å². The van der Waals surface area contributed by atoms with E-state index in [1.54, 1.807) is 12.1 Å². The number of ether oxygens (including phenoxy) is 8. The average Bonchev–Trinajstić information content (AvgIpc) is 3.23. The number of hydrogen-bond donors (Lipinski definition) is 2. The van der Waals surface area contributed by atoms with E-state index in [9.17, 15) is 38.4 Å². The summed E-state index contributed by atoms with van der Waals surface area (Å²) in [6.45, 7) is 17.7. The maximum absolute atomic E-state index is 13.0. The van der Waals surface area contributed by atoms with Crippen LogP contribution >= 0.6 is 0 Å². The van der Waals surface area contributed by atoms with Crippen molar-refractivity contribution in [1.29, 1.82) is 0 Å². The largest absolute Gasteiger partial charge is 0.459 e. The third kappa shape index (κ3) is 17.2. The van der Waals surface area contributed by atoms with Crippen LogP contribution in [0.1, 0.15) is 109 Å². The topological polar surface area (TPSA) is 234 Å². The third-order valence-corrected chi connectivity index (χ3v) is 9.47. The number of esters is 6. The Labute approximate surface area is 372 Å². The molecule has 2 aromatic rings. The van der Waals surface area contributed by atoms with E-state index in [2.05, 4.69) is 23.8 Å². The van der Waals surface area contributed by atoms with E-state index < -0.39 is 65.6 Å². The molecule has 2 aromatic carbocycles. The smallest absolute Gasteiger partial charge is 0.407 e. The fraction of sp³-hybridized carbons (Fsp3) is 0.478. The molecule has 348 valence electrons. The molecular weight excluding hydrogens is 837 g/mol. The first-order valence-electron chi connectivity index (χ1n) is 20.5. The van der Waals surface area contributed by atoms with Crippen LogP contribution in [0.3, 0.4) is 0 Å². The van der Waals surface area contributed by atoms with Crippen LogP contribution < -0.4 is 10.6 Å². The van der Waals surface area contributed by atoms with Crippen molar-refractivity contribution in [3.63, 3.8) is 0 Å². The molecule has 3 rings (SSSR count). The van der Waals surface area contributed by atoms with Crippen molar-refractivity contribution in [3.8, 4) is 0 Å². The van der Waals surface area contributed by atoms with E-state index in [4.69, 9.17) is 37.9 Å².